The molecule has 3 atom stereocenters. The number of fused-ring (bicyclic) bond motifs is 1. The Kier molecular flexibility index (Phi) is 7.09. The van der Waals surface area contributed by atoms with Crippen molar-refractivity contribution in [1.82, 2.24) is 9.88 Å². The minimum atomic E-state index is -0.908. The number of carbonyl (C=O) groups is 1. The molecule has 3 aromatic rings. The summed E-state index contributed by atoms with van der Waals surface area (Å²) >= 11 is 0. The first kappa shape index (κ1) is 23.9. The summed E-state index contributed by atoms with van der Waals surface area (Å²) in [5, 5.41) is 10.5. The molecule has 186 valence electrons. The van der Waals surface area contributed by atoms with Crippen molar-refractivity contribution in [2.75, 3.05) is 26.9 Å². The highest BCUT2D eigenvalue weighted by Gasteiger charge is 2.32. The first-order chi connectivity index (χ1) is 17.0. The predicted molar refractivity (Wildman–Crippen MR) is 134 cm³/mol. The zero-order chi connectivity index (χ0) is 24.4. The average Bonchev–Trinajstić information content (AvgIpc) is 3.58. The van der Waals surface area contributed by atoms with Gasteiger partial charge in [0.05, 0.1) is 31.5 Å². The largest absolute Gasteiger partial charge is 0.496 e. The van der Waals surface area contributed by atoms with Crippen molar-refractivity contribution in [2.24, 2.45) is 0 Å². The minimum Gasteiger partial charge on any atom is -0.496 e. The molecule has 0 spiro atoms. The van der Waals surface area contributed by atoms with Gasteiger partial charge in [0.2, 0.25) is 0 Å². The third-order valence-corrected chi connectivity index (χ3v) is 7.44. The van der Waals surface area contributed by atoms with Crippen LogP contribution in [0.2, 0.25) is 0 Å². The number of hydrogen-bond donors (Lipinski definition) is 2. The van der Waals surface area contributed by atoms with E-state index >= 15 is 0 Å². The van der Waals surface area contributed by atoms with Gasteiger partial charge in [-0.05, 0) is 68.0 Å². The van der Waals surface area contributed by atoms with Crippen LogP contribution in [0.3, 0.4) is 0 Å². The number of hydrogen-bond acceptors (Lipinski definition) is 5. The maximum absolute atomic E-state index is 11.4. The van der Waals surface area contributed by atoms with Gasteiger partial charge in [-0.3, -0.25) is 4.90 Å². The van der Waals surface area contributed by atoms with Crippen molar-refractivity contribution in [3.63, 3.8) is 0 Å². The van der Waals surface area contributed by atoms with Gasteiger partial charge in [-0.25, -0.2) is 4.79 Å². The summed E-state index contributed by atoms with van der Waals surface area (Å²) in [5.74, 6) is -0.0135. The fraction of sp³-hybridized carbons (Fsp3) is 0.464. The van der Waals surface area contributed by atoms with E-state index in [1.54, 1.807) is 19.2 Å². The van der Waals surface area contributed by atoms with Gasteiger partial charge < -0.3 is 24.3 Å². The van der Waals surface area contributed by atoms with E-state index in [0.29, 0.717) is 12.2 Å². The number of piperidine rings is 1. The van der Waals surface area contributed by atoms with Crippen LogP contribution in [0.5, 0.6) is 5.75 Å². The molecule has 2 aliphatic rings. The third-order valence-electron chi connectivity index (χ3n) is 7.44. The van der Waals surface area contributed by atoms with Crippen molar-refractivity contribution < 1.29 is 24.1 Å². The van der Waals surface area contributed by atoms with E-state index < -0.39 is 5.97 Å². The van der Waals surface area contributed by atoms with Crippen LogP contribution in [-0.2, 0) is 16.0 Å². The number of rotatable bonds is 8. The number of aromatic nitrogens is 1. The van der Waals surface area contributed by atoms with E-state index in [0.717, 1.165) is 67.8 Å². The van der Waals surface area contributed by atoms with Crippen LogP contribution < -0.4 is 4.74 Å². The lowest BCUT2D eigenvalue weighted by Crippen LogP contribution is -2.40. The summed E-state index contributed by atoms with van der Waals surface area (Å²) in [6, 6.07) is 11.6. The average molecular weight is 479 g/mol. The molecular weight excluding hydrogens is 444 g/mol. The molecule has 2 fully saturated rings. The fourth-order valence-corrected chi connectivity index (χ4v) is 5.52. The van der Waals surface area contributed by atoms with E-state index in [9.17, 15) is 9.90 Å². The minimum absolute atomic E-state index is 0.112. The molecule has 1 aromatic heterocycles. The highest BCUT2D eigenvalue weighted by atomic mass is 16.5. The Morgan fingerprint density at radius 2 is 2.06 bits per heavy atom. The van der Waals surface area contributed by atoms with E-state index in [4.69, 9.17) is 14.2 Å². The first-order valence-corrected chi connectivity index (χ1v) is 12.5. The molecule has 35 heavy (non-hydrogen) atoms. The molecule has 0 aliphatic carbocycles. The van der Waals surface area contributed by atoms with Crippen LogP contribution >= 0.6 is 0 Å². The molecule has 7 nitrogen and oxygen atoms in total. The number of carboxylic acids is 1. The van der Waals surface area contributed by atoms with Gasteiger partial charge in [0.25, 0.3) is 0 Å². The number of nitrogens with one attached hydrogen (secondary N) is 1. The summed E-state index contributed by atoms with van der Waals surface area (Å²) in [6.45, 7) is 5.18. The summed E-state index contributed by atoms with van der Waals surface area (Å²) in [5.41, 5.74) is 4.87. The maximum Gasteiger partial charge on any atom is 0.335 e. The summed E-state index contributed by atoms with van der Waals surface area (Å²) in [4.78, 5) is 17.2. The van der Waals surface area contributed by atoms with Crippen LogP contribution in [-0.4, -0.2) is 60.0 Å². The quantitative estimate of drug-likeness (QED) is 0.470. The van der Waals surface area contributed by atoms with E-state index in [2.05, 4.69) is 28.9 Å². The van der Waals surface area contributed by atoms with E-state index in [1.165, 1.54) is 10.9 Å². The molecule has 2 N–H and O–H groups in total. The summed E-state index contributed by atoms with van der Waals surface area (Å²) in [6.07, 6.45) is 6.31. The molecule has 2 aliphatic heterocycles. The second kappa shape index (κ2) is 10.4. The zero-order valence-electron chi connectivity index (χ0n) is 20.5. The lowest BCUT2D eigenvalue weighted by molar-refractivity contribution is -0.0563. The maximum atomic E-state index is 11.4. The second-order valence-electron chi connectivity index (χ2n) is 9.67. The molecule has 3 heterocycles. The van der Waals surface area contributed by atoms with Gasteiger partial charge >= 0.3 is 5.97 Å². The monoisotopic (exact) mass is 478 g/mol. The van der Waals surface area contributed by atoms with Gasteiger partial charge in [-0.2, -0.15) is 0 Å². The second-order valence-corrected chi connectivity index (χ2v) is 9.67. The predicted octanol–water partition coefficient (Wildman–Crippen LogP) is 5.08. The van der Waals surface area contributed by atoms with Gasteiger partial charge in [0.1, 0.15) is 5.75 Å². The molecule has 0 amide bonds. The number of nitrogens with zero attached hydrogens (tertiary/aromatic N) is 1. The Labute approximate surface area is 206 Å². The van der Waals surface area contributed by atoms with Crippen molar-refractivity contribution >= 4 is 16.9 Å². The van der Waals surface area contributed by atoms with Crippen LogP contribution in [0.15, 0.2) is 42.6 Å². The number of H-pyrrole nitrogens is 1. The number of likely N-dealkylation sites (tertiary alicyclic amines) is 1. The van der Waals surface area contributed by atoms with Gasteiger partial charge in [0, 0.05) is 48.4 Å². The Balaban J connectivity index is 1.41. The van der Waals surface area contributed by atoms with Crippen molar-refractivity contribution in [3.05, 3.63) is 64.8 Å². The molecule has 2 saturated heterocycles. The Morgan fingerprint density at radius 3 is 2.77 bits per heavy atom. The number of ether oxygens (including phenoxy) is 3. The number of carboxylic acid groups (broad SMARTS) is 1. The van der Waals surface area contributed by atoms with Crippen molar-refractivity contribution in [1.29, 1.82) is 0 Å². The SMILES string of the molecule is COc1cc(C)c2[nH]ccc2c1CN1CC[C@H](OCC2CCCO2)C[C@H]1c1ccc(C(=O)O)cc1. The molecule has 1 unspecified atom stereocenters. The van der Waals surface area contributed by atoms with Crippen LogP contribution in [0, 0.1) is 6.92 Å². The normalized spacial score (nSPS) is 23.1. The van der Waals surface area contributed by atoms with E-state index in [-0.39, 0.29) is 18.2 Å². The standard InChI is InChI=1S/C28H34N2O5/c1-18-14-26(33-2)24(23-9-11-29-27(18)23)16-30-12-10-21(35-17-22-4-3-13-34-22)15-25(30)19-5-7-20(8-6-19)28(31)32/h5-9,11,14,21-22,25,29H,3-4,10,12-13,15-17H2,1-2H3,(H,31,32)/t21-,22?,25-/m0/s1. The number of aromatic amines is 1. The Morgan fingerprint density at radius 1 is 1.23 bits per heavy atom. The molecule has 0 saturated carbocycles. The van der Waals surface area contributed by atoms with Gasteiger partial charge in [0.15, 0.2) is 0 Å². The van der Waals surface area contributed by atoms with Crippen LogP contribution in [0.25, 0.3) is 10.9 Å². The number of aryl methyl sites for hydroxylation is 1. The zero-order valence-corrected chi connectivity index (χ0v) is 20.5. The molecule has 7 heteroatoms. The first-order valence-electron chi connectivity index (χ1n) is 12.5. The smallest absolute Gasteiger partial charge is 0.335 e. The van der Waals surface area contributed by atoms with E-state index in [1.807, 2.05) is 18.3 Å². The highest BCUT2D eigenvalue weighted by Crippen LogP contribution is 2.38. The fourth-order valence-electron chi connectivity index (χ4n) is 5.52. The summed E-state index contributed by atoms with van der Waals surface area (Å²) in [7, 11) is 1.73. The van der Waals surface area contributed by atoms with Gasteiger partial charge in [-0.15, -0.1) is 0 Å². The Bertz CT molecular complexity index is 1170. The lowest BCUT2D eigenvalue weighted by atomic mass is 9.91. The van der Waals surface area contributed by atoms with Crippen molar-refractivity contribution in [2.45, 2.75) is 57.4 Å². The molecule has 2 aromatic carbocycles. The number of benzene rings is 2. The van der Waals surface area contributed by atoms with Crippen LogP contribution in [0.4, 0.5) is 0 Å². The Hall–Kier alpha value is -2.87. The number of aromatic carboxylic acids is 1. The van der Waals surface area contributed by atoms with Crippen LogP contribution in [0.1, 0.15) is 58.8 Å². The molecule has 0 radical (unpaired) electrons. The highest BCUT2D eigenvalue weighted by molar-refractivity contribution is 5.88. The summed E-state index contributed by atoms with van der Waals surface area (Å²) < 4.78 is 17.9. The molecule has 5 rings (SSSR count). The molecule has 0 bridgehead atoms. The number of methoxy groups -OCH3 is 1. The third kappa shape index (κ3) is 5.08. The topological polar surface area (TPSA) is 84.0 Å². The molecular formula is C28H34N2O5. The van der Waals surface area contributed by atoms with Gasteiger partial charge in [-0.1, -0.05) is 12.1 Å². The lowest BCUT2D eigenvalue weighted by Gasteiger charge is -2.40. The van der Waals surface area contributed by atoms with Crippen molar-refractivity contribution in [3.8, 4) is 5.75 Å².